The number of ether oxygens (including phenoxy) is 2. The van der Waals surface area contributed by atoms with Crippen molar-refractivity contribution in [1.82, 2.24) is 0 Å². The quantitative estimate of drug-likeness (QED) is 0.620. The molecule has 1 fully saturated rings. The monoisotopic (exact) mass is 277 g/mol. The molecule has 6 heteroatoms. The zero-order chi connectivity index (χ0) is 14.5. The van der Waals surface area contributed by atoms with Gasteiger partial charge in [0.1, 0.15) is 13.2 Å². The molecule has 0 aromatic heterocycles. The normalized spacial score (nSPS) is 22.9. The van der Waals surface area contributed by atoms with Gasteiger partial charge in [0.15, 0.2) is 11.5 Å². The number of benzene rings is 1. The molecule has 2 heterocycles. The van der Waals surface area contributed by atoms with Gasteiger partial charge < -0.3 is 24.5 Å². The van der Waals surface area contributed by atoms with Crippen molar-refractivity contribution in [3.05, 3.63) is 12.1 Å². The highest BCUT2D eigenvalue weighted by Crippen LogP contribution is 2.40. The summed E-state index contributed by atoms with van der Waals surface area (Å²) in [5, 5.41) is 0. The highest BCUT2D eigenvalue weighted by atomic mass is 16.7. The molecule has 0 spiro atoms. The number of rotatable bonds is 1. The SMILES string of the molecule is CC1(C)OB(c2ccc(N)c3c2OCCO3)OC1(C)C. The van der Waals surface area contributed by atoms with E-state index in [-0.39, 0.29) is 11.2 Å². The predicted octanol–water partition coefficient (Wildman–Crippen LogP) is 1.34. The summed E-state index contributed by atoms with van der Waals surface area (Å²) in [4.78, 5) is 0. The van der Waals surface area contributed by atoms with Gasteiger partial charge in [-0.2, -0.15) is 0 Å². The molecule has 0 saturated carbocycles. The average Bonchev–Trinajstić information content (AvgIpc) is 2.59. The molecule has 3 rings (SSSR count). The van der Waals surface area contributed by atoms with Crippen LogP contribution in [0.1, 0.15) is 27.7 Å². The second-order valence-corrected chi connectivity index (χ2v) is 6.19. The molecule has 2 aliphatic heterocycles. The van der Waals surface area contributed by atoms with Crippen LogP contribution in [-0.2, 0) is 9.31 Å². The van der Waals surface area contributed by atoms with Gasteiger partial charge in [0.2, 0.25) is 0 Å². The Labute approximate surface area is 119 Å². The molecule has 1 aromatic rings. The molecule has 0 atom stereocenters. The maximum Gasteiger partial charge on any atom is 0.498 e. The highest BCUT2D eigenvalue weighted by molar-refractivity contribution is 6.63. The van der Waals surface area contributed by atoms with Crippen molar-refractivity contribution in [3.8, 4) is 11.5 Å². The summed E-state index contributed by atoms with van der Waals surface area (Å²) >= 11 is 0. The second-order valence-electron chi connectivity index (χ2n) is 6.19. The van der Waals surface area contributed by atoms with Crippen molar-refractivity contribution in [2.75, 3.05) is 18.9 Å². The number of hydrogen-bond acceptors (Lipinski definition) is 5. The molecule has 0 unspecified atom stereocenters. The maximum absolute atomic E-state index is 6.06. The first-order valence-corrected chi connectivity index (χ1v) is 6.85. The van der Waals surface area contributed by atoms with Gasteiger partial charge in [0, 0.05) is 5.46 Å². The van der Waals surface area contributed by atoms with Gasteiger partial charge in [-0.3, -0.25) is 0 Å². The lowest BCUT2D eigenvalue weighted by Gasteiger charge is -2.32. The van der Waals surface area contributed by atoms with E-state index in [2.05, 4.69) is 0 Å². The molecule has 2 aliphatic rings. The Kier molecular flexibility index (Phi) is 2.92. The summed E-state index contributed by atoms with van der Waals surface area (Å²) in [5.74, 6) is 1.22. The van der Waals surface area contributed by atoms with Crippen molar-refractivity contribution in [1.29, 1.82) is 0 Å². The van der Waals surface area contributed by atoms with E-state index in [1.807, 2.05) is 33.8 Å². The number of anilines is 1. The van der Waals surface area contributed by atoms with Crippen LogP contribution in [0.15, 0.2) is 12.1 Å². The third kappa shape index (κ3) is 1.94. The van der Waals surface area contributed by atoms with Crippen molar-refractivity contribution >= 4 is 18.3 Å². The fourth-order valence-corrected chi connectivity index (χ4v) is 2.33. The molecule has 20 heavy (non-hydrogen) atoms. The Hall–Kier alpha value is -1.40. The molecular weight excluding hydrogens is 257 g/mol. The first-order chi connectivity index (χ1) is 9.32. The van der Waals surface area contributed by atoms with Crippen molar-refractivity contribution in [3.63, 3.8) is 0 Å². The minimum Gasteiger partial charge on any atom is -0.486 e. The zero-order valence-corrected chi connectivity index (χ0v) is 12.4. The Morgan fingerprint density at radius 2 is 1.50 bits per heavy atom. The maximum atomic E-state index is 6.06. The van der Waals surface area contributed by atoms with Gasteiger partial charge >= 0.3 is 7.12 Å². The minimum atomic E-state index is -0.476. The van der Waals surface area contributed by atoms with Crippen LogP contribution in [0.5, 0.6) is 11.5 Å². The van der Waals surface area contributed by atoms with Crippen LogP contribution in [0.25, 0.3) is 0 Å². The van der Waals surface area contributed by atoms with Gasteiger partial charge in [0.25, 0.3) is 0 Å². The van der Waals surface area contributed by atoms with Gasteiger partial charge in [-0.25, -0.2) is 0 Å². The van der Waals surface area contributed by atoms with Gasteiger partial charge in [-0.05, 0) is 33.8 Å². The van der Waals surface area contributed by atoms with Crippen LogP contribution in [0.2, 0.25) is 0 Å². The van der Waals surface area contributed by atoms with Crippen LogP contribution in [0, 0.1) is 0 Å². The van der Waals surface area contributed by atoms with Crippen molar-refractivity contribution in [2.45, 2.75) is 38.9 Å². The summed E-state index contributed by atoms with van der Waals surface area (Å²) in [7, 11) is -0.476. The summed E-state index contributed by atoms with van der Waals surface area (Å²) in [5.41, 5.74) is 6.55. The van der Waals surface area contributed by atoms with Crippen LogP contribution in [-0.4, -0.2) is 31.5 Å². The predicted molar refractivity (Wildman–Crippen MR) is 77.6 cm³/mol. The van der Waals surface area contributed by atoms with Crippen molar-refractivity contribution in [2.24, 2.45) is 0 Å². The third-order valence-corrected chi connectivity index (χ3v) is 4.26. The van der Waals surface area contributed by atoms with E-state index in [4.69, 9.17) is 24.5 Å². The van der Waals surface area contributed by atoms with Crippen LogP contribution in [0.4, 0.5) is 5.69 Å². The second kappa shape index (κ2) is 4.30. The summed E-state index contributed by atoms with van der Waals surface area (Å²) in [6, 6.07) is 3.68. The van der Waals surface area contributed by atoms with Gasteiger partial charge in [0.05, 0.1) is 16.9 Å². The van der Waals surface area contributed by atoms with E-state index in [0.29, 0.717) is 30.4 Å². The van der Waals surface area contributed by atoms with E-state index >= 15 is 0 Å². The minimum absolute atomic E-state index is 0.387. The molecular formula is C14H20BNO4. The molecule has 0 bridgehead atoms. The van der Waals surface area contributed by atoms with Gasteiger partial charge in [-0.15, -0.1) is 0 Å². The standard InChI is InChI=1S/C14H20BNO4/c1-13(2)14(3,4)20-15(19-13)9-5-6-10(16)12-11(9)17-7-8-18-12/h5-6H,7-8,16H2,1-4H3. The number of hydrogen-bond donors (Lipinski definition) is 1. The smallest absolute Gasteiger partial charge is 0.486 e. The molecule has 1 aromatic carbocycles. The average molecular weight is 277 g/mol. The fourth-order valence-electron chi connectivity index (χ4n) is 2.33. The molecule has 2 N–H and O–H groups in total. The van der Waals surface area contributed by atoms with E-state index in [9.17, 15) is 0 Å². The molecule has 108 valence electrons. The zero-order valence-electron chi connectivity index (χ0n) is 12.4. The fraction of sp³-hybridized carbons (Fsp3) is 0.571. The van der Waals surface area contributed by atoms with Crippen LogP contribution in [0.3, 0.4) is 0 Å². The summed E-state index contributed by atoms with van der Waals surface area (Å²) < 4.78 is 23.4. The number of nitrogens with two attached hydrogens (primary N) is 1. The lowest BCUT2D eigenvalue weighted by Crippen LogP contribution is -2.41. The lowest BCUT2D eigenvalue weighted by molar-refractivity contribution is 0.00578. The van der Waals surface area contributed by atoms with Gasteiger partial charge in [-0.1, -0.05) is 6.07 Å². The third-order valence-electron chi connectivity index (χ3n) is 4.26. The Bertz CT molecular complexity index is 528. The molecule has 0 radical (unpaired) electrons. The topological polar surface area (TPSA) is 62.9 Å². The van der Waals surface area contributed by atoms with Crippen LogP contribution < -0.4 is 20.7 Å². The summed E-state index contributed by atoms with van der Waals surface area (Å²) in [6.07, 6.45) is 0. The van der Waals surface area contributed by atoms with E-state index in [1.165, 1.54) is 0 Å². The Morgan fingerprint density at radius 3 is 2.10 bits per heavy atom. The molecule has 0 amide bonds. The van der Waals surface area contributed by atoms with E-state index in [1.54, 1.807) is 6.07 Å². The van der Waals surface area contributed by atoms with E-state index < -0.39 is 7.12 Å². The van der Waals surface area contributed by atoms with Crippen molar-refractivity contribution < 1.29 is 18.8 Å². The number of fused-ring (bicyclic) bond motifs is 1. The summed E-state index contributed by atoms with van der Waals surface area (Å²) in [6.45, 7) is 9.09. The number of nitrogen functional groups attached to an aromatic ring is 1. The van der Waals surface area contributed by atoms with Crippen LogP contribution >= 0.6 is 0 Å². The Balaban J connectivity index is 2.00. The first-order valence-electron chi connectivity index (χ1n) is 6.85. The Morgan fingerprint density at radius 1 is 0.950 bits per heavy atom. The highest BCUT2D eigenvalue weighted by Gasteiger charge is 2.52. The molecule has 5 nitrogen and oxygen atoms in total. The molecule has 0 aliphatic carbocycles. The van der Waals surface area contributed by atoms with E-state index in [0.717, 1.165) is 5.46 Å². The largest absolute Gasteiger partial charge is 0.498 e. The molecule has 1 saturated heterocycles. The first kappa shape index (κ1) is 13.6. The lowest BCUT2D eigenvalue weighted by atomic mass is 9.78.